The molecule has 1 atom stereocenters. The number of hydrogen-bond donors (Lipinski definition) is 1. The minimum absolute atomic E-state index is 0.285. The molecule has 2 rings (SSSR count). The zero-order chi connectivity index (χ0) is 18.6. The summed E-state index contributed by atoms with van der Waals surface area (Å²) in [6.45, 7) is 6.16. The summed E-state index contributed by atoms with van der Waals surface area (Å²) in [6.07, 6.45) is 5.21. The van der Waals surface area contributed by atoms with Crippen molar-refractivity contribution in [2.75, 3.05) is 19.8 Å². The van der Waals surface area contributed by atoms with Crippen molar-refractivity contribution in [3.8, 4) is 22.6 Å². The highest BCUT2D eigenvalue weighted by Gasteiger charge is 2.03. The fraction of sp³-hybridized carbons (Fsp3) is 0.478. The average molecular weight is 357 g/mol. The number of ether oxygens (including phenoxy) is 2. The number of unbranched alkanes of at least 4 members (excludes halogenated alkanes) is 3. The molecule has 26 heavy (non-hydrogen) atoms. The predicted molar refractivity (Wildman–Crippen MR) is 108 cm³/mol. The first-order valence-electron chi connectivity index (χ1n) is 9.80. The summed E-state index contributed by atoms with van der Waals surface area (Å²) >= 11 is 0. The van der Waals surface area contributed by atoms with Gasteiger partial charge in [-0.3, -0.25) is 0 Å². The lowest BCUT2D eigenvalue weighted by Crippen LogP contribution is -2.06. The van der Waals surface area contributed by atoms with Gasteiger partial charge in [-0.25, -0.2) is 0 Å². The van der Waals surface area contributed by atoms with Crippen LogP contribution >= 0.6 is 0 Å². The topological polar surface area (TPSA) is 38.7 Å². The van der Waals surface area contributed by atoms with Gasteiger partial charge >= 0.3 is 0 Å². The lowest BCUT2D eigenvalue weighted by Gasteiger charge is -2.11. The molecule has 0 aliphatic rings. The van der Waals surface area contributed by atoms with Crippen molar-refractivity contribution < 1.29 is 14.6 Å². The molecule has 2 aromatic rings. The van der Waals surface area contributed by atoms with E-state index in [9.17, 15) is 0 Å². The van der Waals surface area contributed by atoms with Crippen LogP contribution in [0.25, 0.3) is 11.1 Å². The normalized spacial score (nSPS) is 12.0. The molecule has 0 bridgehead atoms. The van der Waals surface area contributed by atoms with Crippen LogP contribution in [0.2, 0.25) is 0 Å². The Morgan fingerprint density at radius 1 is 0.769 bits per heavy atom. The number of benzene rings is 2. The molecule has 0 aromatic heterocycles. The molecule has 0 saturated heterocycles. The van der Waals surface area contributed by atoms with Crippen LogP contribution in [0.15, 0.2) is 48.5 Å². The van der Waals surface area contributed by atoms with E-state index >= 15 is 0 Å². The molecule has 0 amide bonds. The largest absolute Gasteiger partial charge is 0.494 e. The van der Waals surface area contributed by atoms with Crippen molar-refractivity contribution in [3.05, 3.63) is 48.5 Å². The minimum atomic E-state index is 0.285. The van der Waals surface area contributed by atoms with Gasteiger partial charge in [-0.2, -0.15) is 0 Å². The summed E-state index contributed by atoms with van der Waals surface area (Å²) in [5.41, 5.74) is 2.35. The molecule has 1 unspecified atom stereocenters. The lowest BCUT2D eigenvalue weighted by atomic mass is 10.1. The molecule has 1 N–H and O–H groups in total. The van der Waals surface area contributed by atoms with Crippen LogP contribution in [0.4, 0.5) is 0 Å². The van der Waals surface area contributed by atoms with Gasteiger partial charge in [-0.05, 0) is 60.6 Å². The van der Waals surface area contributed by atoms with Crippen LogP contribution in [-0.2, 0) is 0 Å². The third kappa shape index (κ3) is 7.09. The summed E-state index contributed by atoms with van der Waals surface area (Å²) in [4.78, 5) is 0. The Labute approximate surface area is 158 Å². The maximum Gasteiger partial charge on any atom is 0.119 e. The van der Waals surface area contributed by atoms with Gasteiger partial charge in [0.1, 0.15) is 11.5 Å². The van der Waals surface area contributed by atoms with Gasteiger partial charge in [0.15, 0.2) is 0 Å². The summed E-state index contributed by atoms with van der Waals surface area (Å²) in [6, 6.07) is 16.5. The molecule has 0 heterocycles. The van der Waals surface area contributed by atoms with E-state index < -0.39 is 0 Å². The summed E-state index contributed by atoms with van der Waals surface area (Å²) in [5.74, 6) is 2.41. The molecule has 0 saturated carbocycles. The van der Waals surface area contributed by atoms with E-state index in [0.717, 1.165) is 56.8 Å². The van der Waals surface area contributed by atoms with Crippen molar-refractivity contribution in [1.82, 2.24) is 0 Å². The maximum atomic E-state index is 8.76. The Morgan fingerprint density at radius 2 is 1.31 bits per heavy atom. The molecular formula is C23H32O3. The van der Waals surface area contributed by atoms with Crippen molar-refractivity contribution in [1.29, 1.82) is 0 Å². The van der Waals surface area contributed by atoms with E-state index in [1.807, 2.05) is 24.3 Å². The molecule has 0 radical (unpaired) electrons. The van der Waals surface area contributed by atoms with Crippen LogP contribution in [-0.4, -0.2) is 24.9 Å². The van der Waals surface area contributed by atoms with Gasteiger partial charge in [0.25, 0.3) is 0 Å². The fourth-order valence-corrected chi connectivity index (χ4v) is 2.60. The summed E-state index contributed by atoms with van der Waals surface area (Å²) in [7, 11) is 0. The monoisotopic (exact) mass is 356 g/mol. The van der Waals surface area contributed by atoms with Crippen molar-refractivity contribution >= 4 is 0 Å². The molecular weight excluding hydrogens is 324 g/mol. The number of rotatable bonds is 12. The number of aliphatic hydroxyl groups excluding tert-OH is 1. The molecule has 142 valence electrons. The predicted octanol–water partition coefficient (Wildman–Crippen LogP) is 5.71. The highest BCUT2D eigenvalue weighted by molar-refractivity contribution is 5.64. The maximum absolute atomic E-state index is 8.76. The van der Waals surface area contributed by atoms with Gasteiger partial charge in [0, 0.05) is 6.61 Å². The molecule has 0 aliphatic heterocycles. The number of hydrogen-bond acceptors (Lipinski definition) is 3. The van der Waals surface area contributed by atoms with Crippen LogP contribution in [0.3, 0.4) is 0 Å². The van der Waals surface area contributed by atoms with Gasteiger partial charge in [0.2, 0.25) is 0 Å². The van der Waals surface area contributed by atoms with Gasteiger partial charge in [-0.1, -0.05) is 51.0 Å². The van der Waals surface area contributed by atoms with Crippen molar-refractivity contribution in [3.63, 3.8) is 0 Å². The standard InChI is InChI=1S/C23H32O3/c1-3-19(2)18-26-23-14-10-21(11-15-23)20-8-12-22(13-9-20)25-17-7-5-4-6-16-24/h8-15,19,24H,3-7,16-18H2,1-2H3. The van der Waals surface area contributed by atoms with E-state index in [1.54, 1.807) is 0 Å². The summed E-state index contributed by atoms with van der Waals surface area (Å²) < 4.78 is 11.6. The zero-order valence-electron chi connectivity index (χ0n) is 16.1. The van der Waals surface area contributed by atoms with Crippen molar-refractivity contribution in [2.45, 2.75) is 46.0 Å². The zero-order valence-corrected chi connectivity index (χ0v) is 16.1. The highest BCUT2D eigenvalue weighted by Crippen LogP contribution is 2.25. The number of aliphatic hydroxyl groups is 1. The van der Waals surface area contributed by atoms with Gasteiger partial charge < -0.3 is 14.6 Å². The lowest BCUT2D eigenvalue weighted by molar-refractivity contribution is 0.256. The minimum Gasteiger partial charge on any atom is -0.494 e. The smallest absolute Gasteiger partial charge is 0.119 e. The van der Waals surface area contributed by atoms with Crippen LogP contribution in [0.1, 0.15) is 46.0 Å². The van der Waals surface area contributed by atoms with Gasteiger partial charge in [0.05, 0.1) is 13.2 Å². The second kappa shape index (κ2) is 11.6. The van der Waals surface area contributed by atoms with E-state index in [2.05, 4.69) is 38.1 Å². The van der Waals surface area contributed by atoms with Gasteiger partial charge in [-0.15, -0.1) is 0 Å². The Kier molecular flexibility index (Phi) is 9.05. The highest BCUT2D eigenvalue weighted by atomic mass is 16.5. The second-order valence-corrected chi connectivity index (χ2v) is 6.86. The summed E-state index contributed by atoms with van der Waals surface area (Å²) in [5, 5.41) is 8.76. The van der Waals surface area contributed by atoms with E-state index in [1.165, 1.54) is 11.1 Å². The molecule has 0 spiro atoms. The van der Waals surface area contributed by atoms with E-state index in [0.29, 0.717) is 5.92 Å². The Morgan fingerprint density at radius 3 is 1.85 bits per heavy atom. The molecule has 3 heteroatoms. The Bertz CT molecular complexity index is 604. The first-order chi connectivity index (χ1) is 12.7. The first-order valence-corrected chi connectivity index (χ1v) is 9.80. The quantitative estimate of drug-likeness (QED) is 0.495. The second-order valence-electron chi connectivity index (χ2n) is 6.86. The SMILES string of the molecule is CCC(C)COc1ccc(-c2ccc(OCCCCCCO)cc2)cc1. The van der Waals surface area contributed by atoms with Crippen molar-refractivity contribution in [2.24, 2.45) is 5.92 Å². The average Bonchev–Trinajstić information content (AvgIpc) is 2.69. The molecule has 0 fully saturated rings. The molecule has 0 aliphatic carbocycles. The third-order valence-electron chi connectivity index (χ3n) is 4.59. The Hall–Kier alpha value is -2.00. The van der Waals surface area contributed by atoms with Crippen LogP contribution in [0.5, 0.6) is 11.5 Å². The molecule has 3 nitrogen and oxygen atoms in total. The van der Waals surface area contributed by atoms with E-state index in [4.69, 9.17) is 14.6 Å². The fourth-order valence-electron chi connectivity index (χ4n) is 2.60. The third-order valence-corrected chi connectivity index (χ3v) is 4.59. The molecule has 2 aromatic carbocycles. The van der Waals surface area contributed by atoms with Crippen LogP contribution < -0.4 is 9.47 Å². The Balaban J connectivity index is 1.80. The first kappa shape index (κ1) is 20.3. The van der Waals surface area contributed by atoms with Crippen LogP contribution in [0, 0.1) is 5.92 Å². The van der Waals surface area contributed by atoms with E-state index in [-0.39, 0.29) is 6.61 Å².